The van der Waals surface area contributed by atoms with E-state index in [1.54, 1.807) is 6.26 Å². The average molecular weight is 382 g/mol. The first-order valence-corrected chi connectivity index (χ1v) is 10.2. The molecule has 0 saturated carbocycles. The van der Waals surface area contributed by atoms with Crippen LogP contribution < -0.4 is 5.32 Å². The molecule has 1 aliphatic rings. The Morgan fingerprint density at radius 1 is 1.19 bits per heavy atom. The standard InChI is InChI=1S/C21H23N3O2S/c25-21(17-15-27-20(23-17)13-16-7-2-1-3-8-16)22-14-18(19-9-6-12-26-19)24-10-4-5-11-24/h1-3,6-9,12,15,18H,4-5,10-11,13-14H2,(H,22,25)/t18-/m0/s1. The Labute approximate surface area is 163 Å². The fourth-order valence-corrected chi connectivity index (χ4v) is 4.30. The van der Waals surface area contributed by atoms with Crippen molar-refractivity contribution in [3.05, 3.63) is 76.1 Å². The highest BCUT2D eigenvalue weighted by molar-refractivity contribution is 7.09. The molecule has 0 radical (unpaired) electrons. The molecule has 27 heavy (non-hydrogen) atoms. The molecular formula is C21H23N3O2S. The summed E-state index contributed by atoms with van der Waals surface area (Å²) in [6.07, 6.45) is 4.83. The highest BCUT2D eigenvalue weighted by Crippen LogP contribution is 2.25. The summed E-state index contributed by atoms with van der Waals surface area (Å²) in [6, 6.07) is 14.1. The second kappa shape index (κ2) is 8.50. The summed E-state index contributed by atoms with van der Waals surface area (Å²) < 4.78 is 5.61. The van der Waals surface area contributed by atoms with Crippen LogP contribution in [0.15, 0.2) is 58.5 Å². The Kier molecular flexibility index (Phi) is 5.65. The SMILES string of the molecule is O=C(NC[C@@H](c1ccco1)N1CCCC1)c1csc(Cc2ccccc2)n1. The third-order valence-electron chi connectivity index (χ3n) is 4.89. The van der Waals surface area contributed by atoms with Crippen molar-refractivity contribution in [1.29, 1.82) is 0 Å². The van der Waals surface area contributed by atoms with Gasteiger partial charge < -0.3 is 9.73 Å². The van der Waals surface area contributed by atoms with Crippen molar-refractivity contribution in [3.63, 3.8) is 0 Å². The molecule has 0 aliphatic carbocycles. The van der Waals surface area contributed by atoms with Gasteiger partial charge in [0.25, 0.3) is 5.91 Å². The van der Waals surface area contributed by atoms with E-state index in [4.69, 9.17) is 4.42 Å². The number of carbonyl (C=O) groups is 1. The minimum Gasteiger partial charge on any atom is -0.468 e. The Balaban J connectivity index is 1.38. The van der Waals surface area contributed by atoms with Crippen molar-refractivity contribution >= 4 is 17.2 Å². The number of likely N-dealkylation sites (tertiary alicyclic amines) is 1. The van der Waals surface area contributed by atoms with Crippen molar-refractivity contribution < 1.29 is 9.21 Å². The molecule has 1 aliphatic heterocycles. The summed E-state index contributed by atoms with van der Waals surface area (Å²) in [7, 11) is 0. The van der Waals surface area contributed by atoms with E-state index >= 15 is 0 Å². The van der Waals surface area contributed by atoms with Gasteiger partial charge in [0.2, 0.25) is 0 Å². The number of aromatic nitrogens is 1. The van der Waals surface area contributed by atoms with Gasteiger partial charge in [0.1, 0.15) is 11.5 Å². The highest BCUT2D eigenvalue weighted by Gasteiger charge is 2.26. The number of furan rings is 1. The fourth-order valence-electron chi connectivity index (χ4n) is 3.49. The summed E-state index contributed by atoms with van der Waals surface area (Å²) >= 11 is 1.53. The van der Waals surface area contributed by atoms with E-state index in [9.17, 15) is 4.79 Å². The summed E-state index contributed by atoms with van der Waals surface area (Å²) in [6.45, 7) is 2.61. The van der Waals surface area contributed by atoms with E-state index in [1.807, 2.05) is 35.7 Å². The van der Waals surface area contributed by atoms with Gasteiger partial charge in [0, 0.05) is 18.3 Å². The molecule has 0 bridgehead atoms. The van der Waals surface area contributed by atoms with Crippen LogP contribution in [0, 0.1) is 0 Å². The quantitative estimate of drug-likeness (QED) is 0.674. The number of nitrogens with zero attached hydrogens (tertiary/aromatic N) is 2. The van der Waals surface area contributed by atoms with Crippen molar-refractivity contribution in [2.45, 2.75) is 25.3 Å². The van der Waals surface area contributed by atoms with Gasteiger partial charge in [-0.15, -0.1) is 11.3 Å². The Morgan fingerprint density at radius 2 is 2.00 bits per heavy atom. The second-order valence-electron chi connectivity index (χ2n) is 6.77. The summed E-state index contributed by atoms with van der Waals surface area (Å²) in [5.41, 5.74) is 1.69. The molecule has 6 heteroatoms. The number of amides is 1. The minimum atomic E-state index is -0.124. The lowest BCUT2D eigenvalue weighted by Gasteiger charge is -2.25. The maximum atomic E-state index is 12.6. The molecule has 1 fully saturated rings. The molecule has 1 amide bonds. The van der Waals surface area contributed by atoms with E-state index in [2.05, 4.69) is 27.3 Å². The molecule has 1 saturated heterocycles. The Hall–Kier alpha value is -2.44. The van der Waals surface area contributed by atoms with Crippen LogP contribution in [0.25, 0.3) is 0 Å². The third-order valence-corrected chi connectivity index (χ3v) is 5.74. The normalized spacial score (nSPS) is 15.7. The van der Waals surface area contributed by atoms with Gasteiger partial charge in [-0.05, 0) is 43.6 Å². The van der Waals surface area contributed by atoms with Crippen LogP contribution in [-0.4, -0.2) is 35.4 Å². The van der Waals surface area contributed by atoms with Gasteiger partial charge in [-0.1, -0.05) is 30.3 Å². The summed E-state index contributed by atoms with van der Waals surface area (Å²) in [4.78, 5) is 19.5. The number of benzene rings is 1. The van der Waals surface area contributed by atoms with Gasteiger partial charge in [-0.3, -0.25) is 9.69 Å². The van der Waals surface area contributed by atoms with Crippen LogP contribution in [0.1, 0.15) is 45.7 Å². The summed E-state index contributed by atoms with van der Waals surface area (Å²) in [5.74, 6) is 0.779. The van der Waals surface area contributed by atoms with Crippen LogP contribution in [0.2, 0.25) is 0 Å². The largest absolute Gasteiger partial charge is 0.468 e. The molecule has 4 rings (SSSR count). The van der Waals surface area contributed by atoms with Crippen molar-refractivity contribution in [1.82, 2.24) is 15.2 Å². The van der Waals surface area contributed by atoms with Crippen LogP contribution in [0.4, 0.5) is 0 Å². The Bertz CT molecular complexity index is 855. The summed E-state index contributed by atoms with van der Waals surface area (Å²) in [5, 5.41) is 5.84. The molecule has 1 aromatic carbocycles. The van der Waals surface area contributed by atoms with Gasteiger partial charge in [0.05, 0.1) is 17.3 Å². The maximum Gasteiger partial charge on any atom is 0.270 e. The number of thiazole rings is 1. The van der Waals surface area contributed by atoms with Gasteiger partial charge in [-0.2, -0.15) is 0 Å². The zero-order valence-corrected chi connectivity index (χ0v) is 16.0. The van der Waals surface area contributed by atoms with E-state index in [0.717, 1.165) is 30.3 Å². The zero-order chi connectivity index (χ0) is 18.5. The number of rotatable bonds is 7. The molecular weight excluding hydrogens is 358 g/mol. The van der Waals surface area contributed by atoms with Crippen LogP contribution in [0.3, 0.4) is 0 Å². The van der Waals surface area contributed by atoms with Crippen LogP contribution >= 0.6 is 11.3 Å². The van der Waals surface area contributed by atoms with E-state index in [1.165, 1.54) is 29.7 Å². The predicted octanol–water partition coefficient (Wildman–Crippen LogP) is 3.89. The first-order valence-electron chi connectivity index (χ1n) is 9.33. The topological polar surface area (TPSA) is 58.4 Å². The number of hydrogen-bond acceptors (Lipinski definition) is 5. The lowest BCUT2D eigenvalue weighted by atomic mass is 10.2. The first-order chi connectivity index (χ1) is 13.3. The number of nitrogens with one attached hydrogen (secondary N) is 1. The van der Waals surface area contributed by atoms with Crippen molar-refractivity contribution in [2.24, 2.45) is 0 Å². The average Bonchev–Trinajstić information content (AvgIpc) is 3.46. The molecule has 1 N–H and O–H groups in total. The molecule has 0 spiro atoms. The smallest absolute Gasteiger partial charge is 0.270 e. The van der Waals surface area contributed by atoms with Crippen molar-refractivity contribution in [2.75, 3.05) is 19.6 Å². The molecule has 5 nitrogen and oxygen atoms in total. The molecule has 3 aromatic rings. The molecule has 2 aromatic heterocycles. The lowest BCUT2D eigenvalue weighted by Crippen LogP contribution is -2.36. The van der Waals surface area contributed by atoms with Crippen molar-refractivity contribution in [3.8, 4) is 0 Å². The lowest BCUT2D eigenvalue weighted by molar-refractivity contribution is 0.0929. The fraction of sp³-hybridized carbons (Fsp3) is 0.333. The predicted molar refractivity (Wildman–Crippen MR) is 106 cm³/mol. The number of carbonyl (C=O) groups excluding carboxylic acids is 1. The molecule has 0 unspecified atom stereocenters. The Morgan fingerprint density at radius 3 is 2.74 bits per heavy atom. The first kappa shape index (κ1) is 17.9. The zero-order valence-electron chi connectivity index (χ0n) is 15.1. The highest BCUT2D eigenvalue weighted by atomic mass is 32.1. The van der Waals surface area contributed by atoms with Crippen LogP contribution in [0.5, 0.6) is 0 Å². The minimum absolute atomic E-state index is 0.0777. The van der Waals surface area contributed by atoms with Gasteiger partial charge in [-0.25, -0.2) is 4.98 Å². The van der Waals surface area contributed by atoms with Gasteiger partial charge in [0.15, 0.2) is 0 Å². The van der Waals surface area contributed by atoms with Crippen LogP contribution in [-0.2, 0) is 6.42 Å². The monoisotopic (exact) mass is 381 g/mol. The second-order valence-corrected chi connectivity index (χ2v) is 7.72. The molecule has 1 atom stereocenters. The number of hydrogen-bond donors (Lipinski definition) is 1. The third kappa shape index (κ3) is 4.46. The molecule has 3 heterocycles. The maximum absolute atomic E-state index is 12.6. The van der Waals surface area contributed by atoms with E-state index in [0.29, 0.717) is 12.2 Å². The molecule has 140 valence electrons. The van der Waals surface area contributed by atoms with Gasteiger partial charge >= 0.3 is 0 Å². The van der Waals surface area contributed by atoms with E-state index in [-0.39, 0.29) is 11.9 Å². The van der Waals surface area contributed by atoms with E-state index < -0.39 is 0 Å².